The van der Waals surface area contributed by atoms with Crippen molar-refractivity contribution in [1.82, 2.24) is 34.7 Å². The molecule has 33 heavy (non-hydrogen) atoms. The van der Waals surface area contributed by atoms with Gasteiger partial charge < -0.3 is 19.0 Å². The zero-order valence-electron chi connectivity index (χ0n) is 16.9. The summed E-state index contributed by atoms with van der Waals surface area (Å²) in [6.45, 7) is 0.305. The molecule has 170 valence electrons. The summed E-state index contributed by atoms with van der Waals surface area (Å²) in [5, 5.41) is 12.3. The van der Waals surface area contributed by atoms with Gasteiger partial charge in [0, 0.05) is 30.8 Å². The van der Waals surface area contributed by atoms with Gasteiger partial charge in [0.05, 0.1) is 17.7 Å². The molecular formula is C20H16F3N7O3. The number of pyridine rings is 1. The number of imidazole rings is 1. The lowest BCUT2D eigenvalue weighted by molar-refractivity contribution is -0.274. The summed E-state index contributed by atoms with van der Waals surface area (Å²) >= 11 is 0. The summed E-state index contributed by atoms with van der Waals surface area (Å²) in [5.74, 6) is -0.387. The molecule has 1 amide bonds. The SMILES string of the molecule is O=C(c1nnc(C2CC2)o1)N1CCc2[nH]cnc2C1c1cc2c(OC(F)(F)F)cccn2n1. The average molecular weight is 459 g/mol. The van der Waals surface area contributed by atoms with Gasteiger partial charge in [-0.25, -0.2) is 9.50 Å². The molecule has 6 rings (SSSR count). The van der Waals surface area contributed by atoms with Crippen LogP contribution in [0.2, 0.25) is 0 Å². The molecule has 10 nitrogen and oxygen atoms in total. The molecule has 0 radical (unpaired) electrons. The molecule has 1 saturated carbocycles. The fourth-order valence-corrected chi connectivity index (χ4v) is 4.09. The van der Waals surface area contributed by atoms with E-state index in [1.165, 1.54) is 40.1 Å². The van der Waals surface area contributed by atoms with Gasteiger partial charge in [-0.3, -0.25) is 4.79 Å². The molecule has 0 saturated heterocycles. The van der Waals surface area contributed by atoms with E-state index in [2.05, 4.69) is 30.0 Å². The fourth-order valence-electron chi connectivity index (χ4n) is 4.09. The molecule has 1 aliphatic carbocycles. The number of rotatable bonds is 4. The number of amides is 1. The monoisotopic (exact) mass is 459 g/mol. The summed E-state index contributed by atoms with van der Waals surface area (Å²) in [5.41, 5.74) is 1.81. The number of H-pyrrole nitrogens is 1. The van der Waals surface area contributed by atoms with Gasteiger partial charge in [-0.1, -0.05) is 0 Å². The van der Waals surface area contributed by atoms with E-state index >= 15 is 0 Å². The van der Waals surface area contributed by atoms with Crippen LogP contribution in [0.4, 0.5) is 13.2 Å². The number of alkyl halides is 3. The summed E-state index contributed by atoms with van der Waals surface area (Å²) in [6, 6.07) is 3.30. The lowest BCUT2D eigenvalue weighted by atomic mass is 9.99. The summed E-state index contributed by atoms with van der Waals surface area (Å²) in [7, 11) is 0. The van der Waals surface area contributed by atoms with E-state index in [-0.39, 0.29) is 17.3 Å². The van der Waals surface area contributed by atoms with Crippen molar-refractivity contribution in [3.8, 4) is 5.75 Å². The second-order valence-corrected chi connectivity index (χ2v) is 7.96. The Morgan fingerprint density at radius 1 is 1.27 bits per heavy atom. The maximum Gasteiger partial charge on any atom is 0.573 e. The van der Waals surface area contributed by atoms with E-state index in [0.717, 1.165) is 18.5 Å². The molecule has 0 aromatic carbocycles. The van der Waals surface area contributed by atoms with Crippen molar-refractivity contribution in [2.75, 3.05) is 6.54 Å². The quantitative estimate of drug-likeness (QED) is 0.499. The first-order valence-corrected chi connectivity index (χ1v) is 10.3. The minimum absolute atomic E-state index is 0.105. The highest BCUT2D eigenvalue weighted by molar-refractivity contribution is 5.90. The maximum atomic E-state index is 13.3. The number of carbonyl (C=O) groups is 1. The van der Waals surface area contributed by atoms with E-state index in [1.54, 1.807) is 0 Å². The number of halogens is 3. The summed E-state index contributed by atoms with van der Waals surface area (Å²) in [6.07, 6.45) is 0.563. The number of aromatic nitrogens is 6. The fraction of sp³-hybridized carbons (Fsp3) is 0.350. The predicted molar refractivity (Wildman–Crippen MR) is 103 cm³/mol. The Morgan fingerprint density at radius 2 is 2.12 bits per heavy atom. The number of hydrogen-bond donors (Lipinski definition) is 1. The van der Waals surface area contributed by atoms with Crippen LogP contribution < -0.4 is 4.74 Å². The van der Waals surface area contributed by atoms with Crippen molar-refractivity contribution >= 4 is 11.4 Å². The third-order valence-corrected chi connectivity index (χ3v) is 5.72. The van der Waals surface area contributed by atoms with Gasteiger partial charge in [0.1, 0.15) is 11.6 Å². The standard InChI is InChI=1S/C20H16F3N7O3/c21-20(22,23)33-14-2-1-6-30-13(14)8-12(28-30)16-15-11(24-9-25-15)5-7-29(16)19(31)18-27-26-17(32-18)10-3-4-10/h1-2,6,8-10,16H,3-5,7H2,(H,24,25). The molecule has 0 bridgehead atoms. The van der Waals surface area contributed by atoms with Crippen LogP contribution in [0.25, 0.3) is 5.52 Å². The van der Waals surface area contributed by atoms with Gasteiger partial charge in [-0.2, -0.15) is 5.10 Å². The molecule has 4 aromatic rings. The van der Waals surface area contributed by atoms with Crippen LogP contribution in [0.15, 0.2) is 35.1 Å². The number of nitrogens with one attached hydrogen (secondary N) is 1. The highest BCUT2D eigenvalue weighted by Crippen LogP contribution is 2.40. The Balaban J connectivity index is 1.41. The summed E-state index contributed by atoms with van der Waals surface area (Å²) < 4.78 is 49.6. The highest BCUT2D eigenvalue weighted by Gasteiger charge is 2.39. The molecule has 1 fully saturated rings. The number of ether oxygens (including phenoxy) is 1. The third-order valence-electron chi connectivity index (χ3n) is 5.72. The second kappa shape index (κ2) is 7.05. The van der Waals surface area contributed by atoms with Crippen LogP contribution >= 0.6 is 0 Å². The van der Waals surface area contributed by atoms with E-state index in [4.69, 9.17) is 4.42 Å². The van der Waals surface area contributed by atoms with E-state index < -0.39 is 24.1 Å². The van der Waals surface area contributed by atoms with Crippen molar-refractivity contribution < 1.29 is 27.1 Å². The number of fused-ring (bicyclic) bond motifs is 2. The molecule has 4 aromatic heterocycles. The molecule has 1 unspecified atom stereocenters. The van der Waals surface area contributed by atoms with Gasteiger partial charge >= 0.3 is 18.2 Å². The Kier molecular flexibility index (Phi) is 4.22. The average Bonchev–Trinajstić information content (AvgIpc) is 3.18. The zero-order chi connectivity index (χ0) is 22.7. The van der Waals surface area contributed by atoms with Gasteiger partial charge in [0.25, 0.3) is 0 Å². The van der Waals surface area contributed by atoms with E-state index in [0.29, 0.717) is 30.2 Å². The van der Waals surface area contributed by atoms with Crippen molar-refractivity contribution in [3.05, 3.63) is 59.6 Å². The minimum atomic E-state index is -4.86. The van der Waals surface area contributed by atoms with Crippen LogP contribution in [-0.4, -0.2) is 53.5 Å². The predicted octanol–water partition coefficient (Wildman–Crippen LogP) is 3.00. The van der Waals surface area contributed by atoms with E-state index in [1.807, 2.05) is 0 Å². The van der Waals surface area contributed by atoms with Gasteiger partial charge in [-0.15, -0.1) is 23.4 Å². The minimum Gasteiger partial charge on any atom is -0.417 e. The zero-order valence-corrected chi connectivity index (χ0v) is 16.9. The Labute approximate surface area is 183 Å². The number of hydrogen-bond acceptors (Lipinski definition) is 7. The van der Waals surface area contributed by atoms with Gasteiger partial charge in [-0.05, 0) is 31.0 Å². The van der Waals surface area contributed by atoms with Gasteiger partial charge in [0.15, 0.2) is 5.75 Å². The van der Waals surface area contributed by atoms with Crippen molar-refractivity contribution in [2.45, 2.75) is 37.6 Å². The summed E-state index contributed by atoms with van der Waals surface area (Å²) in [4.78, 5) is 22.2. The van der Waals surface area contributed by atoms with Crippen LogP contribution in [0.5, 0.6) is 5.75 Å². The van der Waals surface area contributed by atoms with E-state index in [9.17, 15) is 18.0 Å². The molecule has 2 aliphatic rings. The van der Waals surface area contributed by atoms with Crippen LogP contribution in [-0.2, 0) is 6.42 Å². The maximum absolute atomic E-state index is 13.3. The molecule has 1 N–H and O–H groups in total. The smallest absolute Gasteiger partial charge is 0.417 e. The van der Waals surface area contributed by atoms with Crippen LogP contribution in [0, 0.1) is 0 Å². The van der Waals surface area contributed by atoms with Crippen LogP contribution in [0.3, 0.4) is 0 Å². The Bertz CT molecular complexity index is 1350. The Morgan fingerprint density at radius 3 is 2.91 bits per heavy atom. The number of carbonyl (C=O) groups excluding carboxylic acids is 1. The largest absolute Gasteiger partial charge is 0.573 e. The first-order chi connectivity index (χ1) is 15.9. The van der Waals surface area contributed by atoms with Crippen molar-refractivity contribution in [3.63, 3.8) is 0 Å². The molecule has 0 spiro atoms. The molecule has 1 aliphatic heterocycles. The third kappa shape index (κ3) is 3.49. The Hall–Kier alpha value is -3.90. The molecular weight excluding hydrogens is 443 g/mol. The van der Waals surface area contributed by atoms with Crippen LogP contribution in [0.1, 0.15) is 58.5 Å². The topological polar surface area (TPSA) is 114 Å². The molecule has 1 atom stereocenters. The molecule has 5 heterocycles. The number of aromatic amines is 1. The normalized spacial score (nSPS) is 18.5. The number of nitrogens with zero attached hydrogens (tertiary/aromatic N) is 6. The lowest BCUT2D eigenvalue weighted by Gasteiger charge is -2.32. The first-order valence-electron chi connectivity index (χ1n) is 10.3. The molecule has 13 heteroatoms. The first kappa shape index (κ1) is 19.8. The second-order valence-electron chi connectivity index (χ2n) is 7.96. The van der Waals surface area contributed by atoms with Crippen molar-refractivity contribution in [2.24, 2.45) is 0 Å². The highest BCUT2D eigenvalue weighted by atomic mass is 19.4. The lowest BCUT2D eigenvalue weighted by Crippen LogP contribution is -2.41. The van der Waals surface area contributed by atoms with Crippen molar-refractivity contribution in [1.29, 1.82) is 0 Å². The van der Waals surface area contributed by atoms with Gasteiger partial charge in [0.2, 0.25) is 5.89 Å².